The second kappa shape index (κ2) is 5.45. The summed E-state index contributed by atoms with van der Waals surface area (Å²) in [4.78, 5) is 4.71. The minimum Gasteiger partial charge on any atom is -0.497 e. The number of hydrogen-bond donors (Lipinski definition) is 1. The molecule has 0 fully saturated rings. The quantitative estimate of drug-likeness (QED) is 0.595. The maximum Gasteiger partial charge on any atom is 0.142 e. The van der Waals surface area contributed by atoms with Crippen LogP contribution in [0.3, 0.4) is 0 Å². The lowest BCUT2D eigenvalue weighted by Gasteiger charge is -2.07. The monoisotopic (exact) mass is 291 g/mol. The zero-order valence-electron chi connectivity index (χ0n) is 12.6. The molecule has 3 aromatic rings. The molecule has 3 rings (SSSR count). The molecule has 0 amide bonds. The summed E-state index contributed by atoms with van der Waals surface area (Å²) >= 11 is 0. The van der Waals surface area contributed by atoms with Crippen LogP contribution in [0.25, 0.3) is 22.4 Å². The fraction of sp³-hybridized carbons (Fsp3) is 0.167. The van der Waals surface area contributed by atoms with Crippen molar-refractivity contribution in [3.8, 4) is 29.5 Å². The van der Waals surface area contributed by atoms with Gasteiger partial charge in [-0.1, -0.05) is 18.1 Å². The Balaban J connectivity index is 2.25. The van der Waals surface area contributed by atoms with E-state index >= 15 is 0 Å². The molecule has 4 nitrogen and oxygen atoms in total. The maximum absolute atomic E-state index is 6.02. The van der Waals surface area contributed by atoms with Gasteiger partial charge in [0, 0.05) is 17.3 Å². The van der Waals surface area contributed by atoms with Gasteiger partial charge < -0.3 is 15.0 Å². The van der Waals surface area contributed by atoms with Crippen LogP contribution in [-0.4, -0.2) is 16.7 Å². The van der Waals surface area contributed by atoms with Crippen LogP contribution in [0, 0.1) is 19.3 Å². The van der Waals surface area contributed by atoms with Gasteiger partial charge in [-0.15, -0.1) is 6.42 Å². The van der Waals surface area contributed by atoms with Crippen molar-refractivity contribution in [1.82, 2.24) is 9.55 Å². The zero-order chi connectivity index (χ0) is 15.7. The molecule has 0 saturated heterocycles. The number of benzene rings is 2. The minimum absolute atomic E-state index is 0.450. The van der Waals surface area contributed by atoms with Gasteiger partial charge in [-0.3, -0.25) is 0 Å². The van der Waals surface area contributed by atoms with E-state index in [4.69, 9.17) is 21.9 Å². The number of terminal acetylenes is 1. The summed E-state index contributed by atoms with van der Waals surface area (Å²) in [5, 5.41) is 0. The van der Waals surface area contributed by atoms with Gasteiger partial charge in [0.05, 0.1) is 24.7 Å². The molecule has 0 saturated carbocycles. The van der Waals surface area contributed by atoms with E-state index in [2.05, 4.69) is 5.92 Å². The maximum atomic E-state index is 6.02. The van der Waals surface area contributed by atoms with E-state index in [9.17, 15) is 0 Å². The Labute approximate surface area is 129 Å². The van der Waals surface area contributed by atoms with Gasteiger partial charge >= 0.3 is 0 Å². The lowest BCUT2D eigenvalue weighted by Crippen LogP contribution is -1.99. The summed E-state index contributed by atoms with van der Waals surface area (Å²) in [6.07, 6.45) is 5.52. The lowest BCUT2D eigenvalue weighted by atomic mass is 10.1. The van der Waals surface area contributed by atoms with Crippen molar-refractivity contribution in [2.75, 3.05) is 12.8 Å². The first-order chi connectivity index (χ1) is 10.6. The summed E-state index contributed by atoms with van der Waals surface area (Å²) in [5.41, 5.74) is 10.6. The highest BCUT2D eigenvalue weighted by Crippen LogP contribution is 2.29. The summed E-state index contributed by atoms with van der Waals surface area (Å²) < 4.78 is 7.28. The molecule has 1 heterocycles. The van der Waals surface area contributed by atoms with Crippen LogP contribution in [0.1, 0.15) is 5.56 Å². The van der Waals surface area contributed by atoms with Crippen LogP contribution in [-0.2, 0) is 6.54 Å². The summed E-state index contributed by atoms with van der Waals surface area (Å²) in [5.74, 6) is 4.27. The number of nitrogens with two attached hydrogens (primary N) is 1. The molecule has 0 bridgehead atoms. The SMILES string of the molecule is C#CCn1c(-c2ccc(C)c(N)c2)nc2cc(OC)ccc21. The Morgan fingerprint density at radius 2 is 2.09 bits per heavy atom. The molecule has 2 N–H and O–H groups in total. The number of rotatable bonds is 3. The standard InChI is InChI=1S/C18H17N3O/c1-4-9-21-17-8-7-14(22-3)11-16(17)20-18(21)13-6-5-12(2)15(19)10-13/h1,5-8,10-11H,9,19H2,2-3H3. The molecule has 0 spiro atoms. The zero-order valence-corrected chi connectivity index (χ0v) is 12.6. The molecule has 110 valence electrons. The third kappa shape index (κ3) is 2.27. The second-order valence-corrected chi connectivity index (χ2v) is 5.15. The number of aryl methyl sites for hydroxylation is 1. The molecule has 22 heavy (non-hydrogen) atoms. The Morgan fingerprint density at radius 1 is 1.27 bits per heavy atom. The van der Waals surface area contributed by atoms with E-state index in [-0.39, 0.29) is 0 Å². The first-order valence-electron chi connectivity index (χ1n) is 6.98. The Bertz CT molecular complexity index is 887. The van der Waals surface area contributed by atoms with Gasteiger partial charge in [0.15, 0.2) is 0 Å². The summed E-state index contributed by atoms with van der Waals surface area (Å²) in [6, 6.07) is 11.7. The first-order valence-corrected chi connectivity index (χ1v) is 6.98. The van der Waals surface area contributed by atoms with Crippen LogP contribution in [0.15, 0.2) is 36.4 Å². The highest BCUT2D eigenvalue weighted by Gasteiger charge is 2.13. The molecule has 0 atom stereocenters. The number of aromatic nitrogens is 2. The molecule has 1 aromatic heterocycles. The number of nitrogens with zero attached hydrogens (tertiary/aromatic N) is 2. The third-order valence-corrected chi connectivity index (χ3v) is 3.74. The van der Waals surface area contributed by atoms with Crippen molar-refractivity contribution < 1.29 is 4.74 Å². The van der Waals surface area contributed by atoms with Gasteiger partial charge in [0.25, 0.3) is 0 Å². The van der Waals surface area contributed by atoms with Gasteiger partial charge in [0.2, 0.25) is 0 Å². The Morgan fingerprint density at radius 3 is 2.77 bits per heavy atom. The third-order valence-electron chi connectivity index (χ3n) is 3.74. The number of hydrogen-bond acceptors (Lipinski definition) is 3. The fourth-order valence-corrected chi connectivity index (χ4v) is 2.49. The van der Waals surface area contributed by atoms with Gasteiger partial charge in [0.1, 0.15) is 11.6 Å². The van der Waals surface area contributed by atoms with E-state index in [1.807, 2.05) is 47.9 Å². The van der Waals surface area contributed by atoms with Crippen LogP contribution in [0.5, 0.6) is 5.75 Å². The van der Waals surface area contributed by atoms with E-state index in [0.717, 1.165) is 39.4 Å². The predicted octanol–water partition coefficient (Wildman–Crippen LogP) is 3.24. The number of imidazole rings is 1. The molecule has 0 aliphatic rings. The molecule has 0 unspecified atom stereocenters. The normalized spacial score (nSPS) is 10.6. The molecule has 0 radical (unpaired) electrons. The lowest BCUT2D eigenvalue weighted by molar-refractivity contribution is 0.415. The fourth-order valence-electron chi connectivity index (χ4n) is 2.49. The van der Waals surface area contributed by atoms with Crippen molar-refractivity contribution in [2.24, 2.45) is 0 Å². The van der Waals surface area contributed by atoms with E-state index in [0.29, 0.717) is 6.54 Å². The molecular formula is C18H17N3O. The van der Waals surface area contributed by atoms with Gasteiger partial charge in [-0.25, -0.2) is 4.98 Å². The van der Waals surface area contributed by atoms with Gasteiger partial charge in [-0.2, -0.15) is 0 Å². The van der Waals surface area contributed by atoms with Crippen molar-refractivity contribution in [2.45, 2.75) is 13.5 Å². The van der Waals surface area contributed by atoms with E-state index in [1.54, 1.807) is 7.11 Å². The van der Waals surface area contributed by atoms with E-state index < -0.39 is 0 Å². The van der Waals surface area contributed by atoms with Crippen molar-refractivity contribution in [3.63, 3.8) is 0 Å². The van der Waals surface area contributed by atoms with Crippen molar-refractivity contribution >= 4 is 16.7 Å². The number of fused-ring (bicyclic) bond motifs is 1. The number of anilines is 1. The van der Waals surface area contributed by atoms with Crippen molar-refractivity contribution in [3.05, 3.63) is 42.0 Å². The average molecular weight is 291 g/mol. The largest absolute Gasteiger partial charge is 0.497 e. The molecule has 0 aliphatic heterocycles. The van der Waals surface area contributed by atoms with Crippen LogP contribution in [0.4, 0.5) is 5.69 Å². The van der Waals surface area contributed by atoms with Gasteiger partial charge in [-0.05, 0) is 30.7 Å². The predicted molar refractivity (Wildman–Crippen MR) is 89.7 cm³/mol. The number of nitrogen functional groups attached to an aromatic ring is 1. The summed E-state index contributed by atoms with van der Waals surface area (Å²) in [7, 11) is 1.64. The highest BCUT2D eigenvalue weighted by atomic mass is 16.5. The average Bonchev–Trinajstić information content (AvgIpc) is 2.88. The topological polar surface area (TPSA) is 53.1 Å². The van der Waals surface area contributed by atoms with E-state index in [1.165, 1.54) is 0 Å². The molecule has 0 aliphatic carbocycles. The molecular weight excluding hydrogens is 274 g/mol. The number of ether oxygens (including phenoxy) is 1. The smallest absolute Gasteiger partial charge is 0.142 e. The van der Waals surface area contributed by atoms with Crippen molar-refractivity contribution in [1.29, 1.82) is 0 Å². The summed E-state index contributed by atoms with van der Waals surface area (Å²) in [6.45, 7) is 2.43. The Hall–Kier alpha value is -2.93. The molecule has 2 aromatic carbocycles. The van der Waals surface area contributed by atoms with Crippen LogP contribution in [0.2, 0.25) is 0 Å². The first kappa shape index (κ1) is 14.0. The second-order valence-electron chi connectivity index (χ2n) is 5.15. The minimum atomic E-state index is 0.450. The number of methoxy groups -OCH3 is 1. The highest BCUT2D eigenvalue weighted by molar-refractivity contribution is 5.82. The molecule has 4 heteroatoms. The Kier molecular flexibility index (Phi) is 3.48. The van der Waals surface area contributed by atoms with Crippen LogP contribution >= 0.6 is 0 Å². The van der Waals surface area contributed by atoms with Crippen LogP contribution < -0.4 is 10.5 Å².